The van der Waals surface area contributed by atoms with E-state index in [0.717, 1.165) is 31.9 Å². The molecule has 1 aromatic rings. The van der Waals surface area contributed by atoms with Crippen molar-refractivity contribution in [1.82, 2.24) is 5.32 Å². The molecule has 0 amide bonds. The molecule has 2 N–H and O–H groups in total. The highest BCUT2D eigenvalue weighted by molar-refractivity contribution is 14.0. The van der Waals surface area contributed by atoms with Gasteiger partial charge >= 0.3 is 0 Å². The van der Waals surface area contributed by atoms with Crippen LogP contribution in [0.1, 0.15) is 20.3 Å². The molecule has 0 radical (unpaired) electrons. The maximum Gasteiger partial charge on any atom is 0.195 e. The first kappa shape index (κ1) is 22.8. The van der Waals surface area contributed by atoms with Gasteiger partial charge in [0.05, 0.1) is 14.2 Å². The second-order valence-corrected chi connectivity index (χ2v) is 5.52. The van der Waals surface area contributed by atoms with E-state index in [1.807, 2.05) is 18.2 Å². The van der Waals surface area contributed by atoms with Crippen LogP contribution >= 0.6 is 24.0 Å². The zero-order valence-electron chi connectivity index (χ0n) is 15.2. The van der Waals surface area contributed by atoms with Gasteiger partial charge < -0.3 is 24.8 Å². The second kappa shape index (κ2) is 13.1. The van der Waals surface area contributed by atoms with Crippen LogP contribution in [0, 0.1) is 5.92 Å². The minimum absolute atomic E-state index is 0. The smallest absolute Gasteiger partial charge is 0.195 e. The van der Waals surface area contributed by atoms with Gasteiger partial charge in [-0.05, 0) is 24.5 Å². The fraction of sp³-hybridized carbons (Fsp3) is 0.588. The molecule has 0 aliphatic carbocycles. The SMILES string of the molecule is CN=C(NCCCOCC(C)C)Nc1ccc(OC)c(OC)c1.I. The van der Waals surface area contributed by atoms with Gasteiger partial charge in [-0.2, -0.15) is 0 Å². The van der Waals surface area contributed by atoms with E-state index < -0.39 is 0 Å². The van der Waals surface area contributed by atoms with Gasteiger partial charge in [0.2, 0.25) is 0 Å². The number of guanidine groups is 1. The quantitative estimate of drug-likeness (QED) is 0.261. The van der Waals surface area contributed by atoms with E-state index in [0.29, 0.717) is 23.4 Å². The third-order valence-corrected chi connectivity index (χ3v) is 3.08. The summed E-state index contributed by atoms with van der Waals surface area (Å²) < 4.78 is 16.1. The van der Waals surface area contributed by atoms with Crippen LogP contribution in [0.5, 0.6) is 11.5 Å². The van der Waals surface area contributed by atoms with E-state index in [2.05, 4.69) is 29.5 Å². The van der Waals surface area contributed by atoms with Crippen molar-refractivity contribution in [3.63, 3.8) is 0 Å². The summed E-state index contributed by atoms with van der Waals surface area (Å²) >= 11 is 0. The molecule has 6 nitrogen and oxygen atoms in total. The largest absolute Gasteiger partial charge is 0.493 e. The molecular formula is C17H30IN3O3. The van der Waals surface area contributed by atoms with Crippen molar-refractivity contribution >= 4 is 35.6 Å². The van der Waals surface area contributed by atoms with Gasteiger partial charge in [0.15, 0.2) is 17.5 Å². The Morgan fingerprint density at radius 3 is 2.46 bits per heavy atom. The number of anilines is 1. The Morgan fingerprint density at radius 2 is 1.88 bits per heavy atom. The summed E-state index contributed by atoms with van der Waals surface area (Å²) in [7, 11) is 4.98. The van der Waals surface area contributed by atoms with Crippen molar-refractivity contribution in [3.8, 4) is 11.5 Å². The van der Waals surface area contributed by atoms with Crippen LogP contribution in [0.15, 0.2) is 23.2 Å². The van der Waals surface area contributed by atoms with Crippen LogP contribution in [0.4, 0.5) is 5.69 Å². The van der Waals surface area contributed by atoms with Crippen LogP contribution in [0.3, 0.4) is 0 Å². The Kier molecular flexibility index (Phi) is 12.4. The first-order chi connectivity index (χ1) is 11.1. The summed E-state index contributed by atoms with van der Waals surface area (Å²) in [6.45, 7) is 6.64. The normalized spacial score (nSPS) is 11.0. The molecule has 7 heteroatoms. The van der Waals surface area contributed by atoms with Crippen LogP contribution in [0.25, 0.3) is 0 Å². The molecule has 0 spiro atoms. The summed E-state index contributed by atoms with van der Waals surface area (Å²) in [4.78, 5) is 4.21. The summed E-state index contributed by atoms with van der Waals surface area (Å²) in [6.07, 6.45) is 0.930. The maximum atomic E-state index is 5.55. The summed E-state index contributed by atoms with van der Waals surface area (Å²) in [5.74, 6) is 2.65. The van der Waals surface area contributed by atoms with Crippen LogP contribution < -0.4 is 20.1 Å². The number of hydrogen-bond donors (Lipinski definition) is 2. The van der Waals surface area contributed by atoms with Gasteiger partial charge in [0.1, 0.15) is 0 Å². The Morgan fingerprint density at radius 1 is 1.17 bits per heavy atom. The predicted molar refractivity (Wildman–Crippen MR) is 110 cm³/mol. The minimum Gasteiger partial charge on any atom is -0.493 e. The number of benzene rings is 1. The average molecular weight is 451 g/mol. The number of nitrogens with one attached hydrogen (secondary N) is 2. The number of methoxy groups -OCH3 is 2. The van der Waals surface area contributed by atoms with Crippen molar-refractivity contribution in [2.24, 2.45) is 10.9 Å². The van der Waals surface area contributed by atoms with Crippen molar-refractivity contribution in [1.29, 1.82) is 0 Å². The highest BCUT2D eigenvalue weighted by atomic mass is 127. The average Bonchev–Trinajstić information content (AvgIpc) is 2.56. The maximum absolute atomic E-state index is 5.55. The highest BCUT2D eigenvalue weighted by Gasteiger charge is 2.06. The Hall–Kier alpha value is -1.22. The number of hydrogen-bond acceptors (Lipinski definition) is 4. The fourth-order valence-corrected chi connectivity index (χ4v) is 1.93. The number of halogens is 1. The third-order valence-electron chi connectivity index (χ3n) is 3.08. The van der Waals surface area contributed by atoms with E-state index >= 15 is 0 Å². The fourth-order valence-electron chi connectivity index (χ4n) is 1.93. The van der Waals surface area contributed by atoms with E-state index in [1.54, 1.807) is 21.3 Å². The molecule has 0 aliphatic heterocycles. The van der Waals surface area contributed by atoms with Gasteiger partial charge in [0, 0.05) is 38.6 Å². The number of aliphatic imine (C=N–C) groups is 1. The summed E-state index contributed by atoms with van der Waals surface area (Å²) in [5.41, 5.74) is 0.881. The zero-order chi connectivity index (χ0) is 17.1. The number of nitrogens with zero attached hydrogens (tertiary/aromatic N) is 1. The van der Waals surface area contributed by atoms with Crippen LogP contribution in [0.2, 0.25) is 0 Å². The molecule has 24 heavy (non-hydrogen) atoms. The van der Waals surface area contributed by atoms with Crippen molar-refractivity contribution in [2.45, 2.75) is 20.3 Å². The van der Waals surface area contributed by atoms with Gasteiger partial charge in [-0.15, -0.1) is 24.0 Å². The molecule has 138 valence electrons. The Bertz CT molecular complexity index is 496. The summed E-state index contributed by atoms with van der Waals surface area (Å²) in [6, 6.07) is 5.64. The first-order valence-electron chi connectivity index (χ1n) is 7.88. The Labute approximate surface area is 162 Å². The van der Waals surface area contributed by atoms with E-state index in [-0.39, 0.29) is 24.0 Å². The first-order valence-corrected chi connectivity index (χ1v) is 7.88. The van der Waals surface area contributed by atoms with Crippen molar-refractivity contribution in [2.75, 3.05) is 46.3 Å². The standard InChI is InChI=1S/C17H29N3O3.HI/c1-13(2)12-23-10-6-9-19-17(18-3)20-14-7-8-15(21-4)16(11-14)22-5;/h7-8,11,13H,6,9-10,12H2,1-5H3,(H2,18,19,20);1H. The molecule has 0 bridgehead atoms. The molecule has 0 aliphatic rings. The van der Waals surface area contributed by atoms with Gasteiger partial charge in [-0.25, -0.2) is 0 Å². The molecule has 0 unspecified atom stereocenters. The van der Waals surface area contributed by atoms with Gasteiger partial charge in [-0.1, -0.05) is 13.8 Å². The summed E-state index contributed by atoms with van der Waals surface area (Å²) in [5, 5.41) is 6.49. The lowest BCUT2D eigenvalue weighted by molar-refractivity contribution is 0.108. The van der Waals surface area contributed by atoms with Crippen LogP contribution in [-0.2, 0) is 4.74 Å². The van der Waals surface area contributed by atoms with Gasteiger partial charge in [0.25, 0.3) is 0 Å². The molecular weight excluding hydrogens is 421 g/mol. The molecule has 1 aromatic carbocycles. The molecule has 1 rings (SSSR count). The van der Waals surface area contributed by atoms with Gasteiger partial charge in [-0.3, -0.25) is 4.99 Å². The molecule has 0 aromatic heterocycles. The lowest BCUT2D eigenvalue weighted by Gasteiger charge is -2.14. The Balaban J connectivity index is 0.00000529. The molecule has 0 fully saturated rings. The molecule has 0 heterocycles. The lowest BCUT2D eigenvalue weighted by Crippen LogP contribution is -2.32. The predicted octanol–water partition coefficient (Wildman–Crippen LogP) is 3.37. The van der Waals surface area contributed by atoms with E-state index in [1.165, 1.54) is 0 Å². The zero-order valence-corrected chi connectivity index (χ0v) is 17.5. The topological polar surface area (TPSA) is 64.1 Å². The number of rotatable bonds is 9. The second-order valence-electron chi connectivity index (χ2n) is 5.52. The lowest BCUT2D eigenvalue weighted by atomic mass is 10.2. The minimum atomic E-state index is 0. The van der Waals surface area contributed by atoms with E-state index in [9.17, 15) is 0 Å². The third kappa shape index (κ3) is 8.58. The number of ether oxygens (including phenoxy) is 3. The molecule has 0 saturated heterocycles. The van der Waals surface area contributed by atoms with E-state index in [4.69, 9.17) is 14.2 Å². The highest BCUT2D eigenvalue weighted by Crippen LogP contribution is 2.29. The van der Waals surface area contributed by atoms with Crippen LogP contribution in [-0.4, -0.2) is 47.0 Å². The van der Waals surface area contributed by atoms with Crippen molar-refractivity contribution in [3.05, 3.63) is 18.2 Å². The molecule has 0 atom stereocenters. The monoisotopic (exact) mass is 451 g/mol. The van der Waals surface area contributed by atoms with Crippen molar-refractivity contribution < 1.29 is 14.2 Å². The molecule has 0 saturated carbocycles.